The minimum atomic E-state index is -4.54. The number of urea groups is 1. The predicted octanol–water partition coefficient (Wildman–Crippen LogP) is 1.47. The van der Waals surface area contributed by atoms with Crippen LogP contribution in [0.5, 0.6) is 0 Å². The van der Waals surface area contributed by atoms with E-state index in [1.165, 1.54) is 17.0 Å². The van der Waals surface area contributed by atoms with Crippen molar-refractivity contribution in [3.63, 3.8) is 0 Å². The zero-order valence-electron chi connectivity index (χ0n) is 15.9. The maximum Gasteiger partial charge on any atom is 0.416 e. The first-order valence-electron chi connectivity index (χ1n) is 9.49. The molecular weight excluding hydrogens is 405 g/mol. The van der Waals surface area contributed by atoms with Crippen LogP contribution in [0.25, 0.3) is 0 Å². The van der Waals surface area contributed by atoms with Gasteiger partial charge in [-0.15, -0.1) is 0 Å². The first-order chi connectivity index (χ1) is 14.1. The first-order valence-corrected chi connectivity index (χ1v) is 9.49. The minimum Gasteiger partial charge on any atom is -0.348 e. The van der Waals surface area contributed by atoms with E-state index in [0.29, 0.717) is 19.4 Å². The van der Waals surface area contributed by atoms with Crippen LogP contribution in [-0.2, 0) is 20.6 Å². The zero-order chi connectivity index (χ0) is 21.9. The number of hydrogen-bond donors (Lipinski definition) is 3. The number of alkyl halides is 3. The van der Waals surface area contributed by atoms with E-state index in [1.54, 1.807) is 0 Å². The van der Waals surface area contributed by atoms with Gasteiger partial charge < -0.3 is 15.5 Å². The summed E-state index contributed by atoms with van der Waals surface area (Å²) in [6.45, 7) is 0.519. The lowest BCUT2D eigenvalue weighted by Crippen LogP contribution is -2.39. The number of hydrogen-bond acceptors (Lipinski definition) is 4. The molecule has 0 bridgehead atoms. The number of rotatable bonds is 7. The lowest BCUT2D eigenvalue weighted by molar-refractivity contribution is -0.137. The minimum absolute atomic E-state index is 0.0430. The van der Waals surface area contributed by atoms with Crippen LogP contribution in [0.4, 0.5) is 18.0 Å². The van der Waals surface area contributed by atoms with Gasteiger partial charge >= 0.3 is 12.2 Å². The number of carbonyl (C=O) groups is 4. The molecule has 8 nitrogen and oxygen atoms in total. The third kappa shape index (κ3) is 5.28. The molecule has 2 aliphatic rings. The second kappa shape index (κ2) is 8.72. The van der Waals surface area contributed by atoms with Gasteiger partial charge in [-0.2, -0.15) is 13.2 Å². The smallest absolute Gasteiger partial charge is 0.348 e. The van der Waals surface area contributed by atoms with Crippen molar-refractivity contribution >= 4 is 23.8 Å². The van der Waals surface area contributed by atoms with Gasteiger partial charge in [0.15, 0.2) is 0 Å². The van der Waals surface area contributed by atoms with Gasteiger partial charge in [0.25, 0.3) is 5.91 Å². The highest BCUT2D eigenvalue weighted by Gasteiger charge is 2.33. The molecule has 5 amide bonds. The van der Waals surface area contributed by atoms with E-state index in [-0.39, 0.29) is 30.9 Å². The number of halogens is 3. The average Bonchev–Trinajstić information content (AvgIpc) is 3.23. The Labute approximate surface area is 170 Å². The number of nitrogens with zero attached hydrogens (tertiary/aromatic N) is 1. The highest BCUT2D eigenvalue weighted by atomic mass is 19.4. The molecule has 2 saturated heterocycles. The highest BCUT2D eigenvalue weighted by molar-refractivity contribution is 6.04. The predicted molar refractivity (Wildman–Crippen MR) is 97.8 cm³/mol. The summed E-state index contributed by atoms with van der Waals surface area (Å²) < 4.78 is 39.3. The fourth-order valence-electron chi connectivity index (χ4n) is 3.49. The molecule has 2 atom stereocenters. The Kier molecular flexibility index (Phi) is 6.28. The van der Waals surface area contributed by atoms with Crippen molar-refractivity contribution in [3.05, 3.63) is 35.4 Å². The maximum atomic E-state index is 13.1. The van der Waals surface area contributed by atoms with Crippen LogP contribution in [0.3, 0.4) is 0 Å². The van der Waals surface area contributed by atoms with Crippen LogP contribution in [0.15, 0.2) is 24.3 Å². The second-order valence-electron chi connectivity index (χ2n) is 7.24. The average molecular weight is 426 g/mol. The van der Waals surface area contributed by atoms with E-state index in [2.05, 4.69) is 16.0 Å². The van der Waals surface area contributed by atoms with Crippen molar-refractivity contribution in [2.75, 3.05) is 13.1 Å². The van der Waals surface area contributed by atoms with Crippen molar-refractivity contribution in [2.24, 2.45) is 0 Å². The number of benzene rings is 1. The van der Waals surface area contributed by atoms with Gasteiger partial charge in [0.05, 0.1) is 11.6 Å². The normalized spacial score (nSPS) is 20.2. The van der Waals surface area contributed by atoms with Gasteiger partial charge in [-0.25, -0.2) is 4.79 Å². The highest BCUT2D eigenvalue weighted by Crippen LogP contribution is 2.31. The first kappa shape index (κ1) is 21.6. The standard InChI is InChI=1S/C19H21F3N4O4/c20-19(21,22)12-4-1-3-11(9-12)14(10-26-8-2-5-16(26)28)23-15(27)7-6-13-17(29)25-18(30)24-13/h1,3-4,9,13-14H,2,5-8,10H2,(H,23,27)(H2,24,25,29,30)/t13-,14+/m1/s1. The number of carbonyl (C=O) groups excluding carboxylic acids is 4. The van der Waals surface area contributed by atoms with Crippen molar-refractivity contribution < 1.29 is 32.3 Å². The quantitative estimate of drug-likeness (QED) is 0.574. The third-order valence-electron chi connectivity index (χ3n) is 5.04. The van der Waals surface area contributed by atoms with Crippen LogP contribution in [0, 0.1) is 0 Å². The molecule has 0 unspecified atom stereocenters. The molecule has 2 heterocycles. The molecule has 0 saturated carbocycles. The largest absolute Gasteiger partial charge is 0.416 e. The van der Waals surface area contributed by atoms with E-state index >= 15 is 0 Å². The molecule has 11 heteroatoms. The fourth-order valence-corrected chi connectivity index (χ4v) is 3.49. The molecular formula is C19H21F3N4O4. The SMILES string of the molecule is O=C(CC[C@H]1NC(=O)NC1=O)N[C@@H](CN1CCCC1=O)c1cccc(C(F)(F)F)c1. The summed E-state index contributed by atoms with van der Waals surface area (Å²) in [6.07, 6.45) is -3.61. The zero-order valence-corrected chi connectivity index (χ0v) is 15.9. The molecule has 1 aromatic rings. The summed E-state index contributed by atoms with van der Waals surface area (Å²) in [5.74, 6) is -1.16. The fraction of sp³-hybridized carbons (Fsp3) is 0.474. The van der Waals surface area contributed by atoms with Crippen molar-refractivity contribution in [2.45, 2.75) is 43.9 Å². The molecule has 0 radical (unpaired) electrons. The van der Waals surface area contributed by atoms with Crippen LogP contribution in [0.2, 0.25) is 0 Å². The summed E-state index contributed by atoms with van der Waals surface area (Å²) in [5.41, 5.74) is -0.623. The van der Waals surface area contributed by atoms with Gasteiger partial charge in [-0.3, -0.25) is 19.7 Å². The summed E-state index contributed by atoms with van der Waals surface area (Å²) >= 11 is 0. The van der Waals surface area contributed by atoms with E-state index < -0.39 is 41.7 Å². The van der Waals surface area contributed by atoms with Crippen LogP contribution < -0.4 is 16.0 Å². The number of imide groups is 1. The molecule has 0 aromatic heterocycles. The van der Waals surface area contributed by atoms with Gasteiger partial charge in [0, 0.05) is 25.9 Å². The Morgan fingerprint density at radius 1 is 1.27 bits per heavy atom. The summed E-state index contributed by atoms with van der Waals surface area (Å²) in [5, 5.41) is 7.10. The molecule has 0 aliphatic carbocycles. The molecule has 162 valence electrons. The Balaban J connectivity index is 1.71. The van der Waals surface area contributed by atoms with Gasteiger partial charge in [-0.05, 0) is 30.5 Å². The van der Waals surface area contributed by atoms with Crippen molar-refractivity contribution in [3.8, 4) is 0 Å². The molecule has 3 rings (SSSR count). The van der Waals surface area contributed by atoms with Crippen molar-refractivity contribution in [1.82, 2.24) is 20.9 Å². The number of likely N-dealkylation sites (tertiary alicyclic amines) is 1. The Morgan fingerprint density at radius 2 is 2.03 bits per heavy atom. The number of amides is 5. The van der Waals surface area contributed by atoms with Gasteiger partial charge in [0.2, 0.25) is 11.8 Å². The van der Waals surface area contributed by atoms with Gasteiger partial charge in [-0.1, -0.05) is 12.1 Å². The Morgan fingerprint density at radius 3 is 2.63 bits per heavy atom. The van der Waals surface area contributed by atoms with E-state index in [1.807, 2.05) is 0 Å². The summed E-state index contributed by atoms with van der Waals surface area (Å²) in [7, 11) is 0. The van der Waals surface area contributed by atoms with E-state index in [4.69, 9.17) is 0 Å². The van der Waals surface area contributed by atoms with Crippen molar-refractivity contribution in [1.29, 1.82) is 0 Å². The molecule has 1 aromatic carbocycles. The topological polar surface area (TPSA) is 108 Å². The lowest BCUT2D eigenvalue weighted by Gasteiger charge is -2.26. The Bertz CT molecular complexity index is 858. The molecule has 2 aliphatic heterocycles. The summed E-state index contributed by atoms with van der Waals surface area (Å²) in [6, 6.07) is 2.29. The van der Waals surface area contributed by atoms with Crippen LogP contribution >= 0.6 is 0 Å². The molecule has 0 spiro atoms. The van der Waals surface area contributed by atoms with Gasteiger partial charge in [0.1, 0.15) is 6.04 Å². The second-order valence-corrected chi connectivity index (χ2v) is 7.24. The molecule has 2 fully saturated rings. The number of nitrogens with one attached hydrogen (secondary N) is 3. The molecule has 3 N–H and O–H groups in total. The van der Waals surface area contributed by atoms with Crippen LogP contribution in [0.1, 0.15) is 42.9 Å². The van der Waals surface area contributed by atoms with E-state index in [9.17, 15) is 32.3 Å². The monoisotopic (exact) mass is 426 g/mol. The van der Waals surface area contributed by atoms with Crippen LogP contribution in [-0.4, -0.2) is 47.8 Å². The lowest BCUT2D eigenvalue weighted by atomic mass is 10.0. The maximum absolute atomic E-state index is 13.1. The Hall–Kier alpha value is -3.11. The molecule has 30 heavy (non-hydrogen) atoms. The van der Waals surface area contributed by atoms with E-state index in [0.717, 1.165) is 12.1 Å². The third-order valence-corrected chi connectivity index (χ3v) is 5.04. The summed E-state index contributed by atoms with van der Waals surface area (Å²) in [4.78, 5) is 48.6.